The summed E-state index contributed by atoms with van der Waals surface area (Å²) in [5.41, 5.74) is 2.28. The first kappa shape index (κ1) is 23.7. The molecule has 1 N–H and O–H groups in total. The number of carbonyl (C=O) groups is 2. The third-order valence-corrected chi connectivity index (χ3v) is 11.0. The summed E-state index contributed by atoms with van der Waals surface area (Å²) in [6.07, 6.45) is 11.8. The maximum atomic E-state index is 13.4. The molecular weight excluding hydrogens is 448 g/mol. The first-order valence-electron chi connectivity index (χ1n) is 13.8. The fourth-order valence-corrected chi connectivity index (χ4v) is 8.94. The number of carbonyl (C=O) groups excluding carboxylic acids is 2. The molecule has 0 bridgehead atoms. The van der Waals surface area contributed by atoms with Crippen molar-refractivity contribution in [1.29, 1.82) is 0 Å². The molecule has 3 aliphatic carbocycles. The summed E-state index contributed by atoms with van der Waals surface area (Å²) in [5.74, 6) is 3.70. The zero-order chi connectivity index (χ0) is 25.2. The molecule has 1 aromatic heterocycles. The molecule has 2 heterocycles. The topological polar surface area (TPSA) is 69.3 Å². The molecule has 2 aromatic rings. The van der Waals surface area contributed by atoms with Gasteiger partial charge in [0.25, 0.3) is 0 Å². The summed E-state index contributed by atoms with van der Waals surface area (Å²) >= 11 is 0. The highest BCUT2D eigenvalue weighted by Gasteiger charge is 2.60. The van der Waals surface area contributed by atoms with E-state index in [9.17, 15) is 9.59 Å². The van der Waals surface area contributed by atoms with Crippen molar-refractivity contribution in [2.24, 2.45) is 34.5 Å². The van der Waals surface area contributed by atoms with Gasteiger partial charge in [-0.2, -0.15) is 0 Å². The van der Waals surface area contributed by atoms with Crippen molar-refractivity contribution >= 4 is 22.8 Å². The van der Waals surface area contributed by atoms with Gasteiger partial charge in [0, 0.05) is 32.0 Å². The Morgan fingerprint density at radius 1 is 1.14 bits per heavy atom. The lowest BCUT2D eigenvalue weighted by Crippen LogP contribution is -2.59. The molecule has 0 saturated heterocycles. The Hall–Kier alpha value is -2.63. The Morgan fingerprint density at radius 2 is 1.94 bits per heavy atom. The Balaban J connectivity index is 1.15. The molecule has 1 aromatic carbocycles. The Kier molecular flexibility index (Phi) is 5.58. The van der Waals surface area contributed by atoms with E-state index in [1.165, 1.54) is 25.7 Å². The van der Waals surface area contributed by atoms with Crippen molar-refractivity contribution in [2.45, 2.75) is 71.4 Å². The van der Waals surface area contributed by atoms with Crippen LogP contribution >= 0.6 is 0 Å². The van der Waals surface area contributed by atoms with Gasteiger partial charge < -0.3 is 14.8 Å². The van der Waals surface area contributed by atoms with Crippen LogP contribution in [0.4, 0.5) is 0 Å². The van der Waals surface area contributed by atoms with Gasteiger partial charge in [-0.3, -0.25) is 9.59 Å². The van der Waals surface area contributed by atoms with Crippen molar-refractivity contribution in [3.8, 4) is 0 Å². The van der Waals surface area contributed by atoms with Crippen molar-refractivity contribution < 1.29 is 9.59 Å². The number of amides is 2. The fourth-order valence-electron chi connectivity index (χ4n) is 8.94. The van der Waals surface area contributed by atoms with Gasteiger partial charge in [-0.25, -0.2) is 4.98 Å². The van der Waals surface area contributed by atoms with Gasteiger partial charge in [-0.1, -0.05) is 32.1 Å². The molecule has 6 nitrogen and oxygen atoms in total. The van der Waals surface area contributed by atoms with Crippen molar-refractivity contribution in [3.63, 3.8) is 0 Å². The predicted octanol–water partition coefficient (Wildman–Crippen LogP) is 5.17. The average Bonchev–Trinajstić information content (AvgIpc) is 3.41. The number of hydrogen-bond donors (Lipinski definition) is 1. The number of para-hydroxylation sites is 2. The molecule has 192 valence electrons. The number of fused-ring (bicyclic) bond motifs is 6. The van der Waals surface area contributed by atoms with Gasteiger partial charge in [0.05, 0.1) is 17.6 Å². The zero-order valence-corrected chi connectivity index (χ0v) is 22.2. The molecule has 0 spiro atoms. The largest absolute Gasteiger partial charge is 0.340 e. The average molecular weight is 489 g/mol. The molecule has 36 heavy (non-hydrogen) atoms. The highest BCUT2D eigenvalue weighted by molar-refractivity contribution is 5.89. The van der Waals surface area contributed by atoms with E-state index in [4.69, 9.17) is 0 Å². The highest BCUT2D eigenvalue weighted by Crippen LogP contribution is 2.66. The lowest BCUT2D eigenvalue weighted by molar-refractivity contribution is -0.139. The van der Waals surface area contributed by atoms with Crippen LogP contribution in [0.5, 0.6) is 0 Å². The van der Waals surface area contributed by atoms with Crippen LogP contribution in [0.3, 0.4) is 0 Å². The van der Waals surface area contributed by atoms with Gasteiger partial charge in [-0.05, 0) is 85.8 Å². The molecule has 7 atom stereocenters. The van der Waals surface area contributed by atoms with Crippen LogP contribution in [-0.2, 0) is 16.1 Å². The van der Waals surface area contributed by atoms with Gasteiger partial charge in [0.2, 0.25) is 11.8 Å². The number of imidazole rings is 1. The normalized spacial score (nSPS) is 37.5. The minimum absolute atomic E-state index is 0.0770. The van der Waals surface area contributed by atoms with Crippen molar-refractivity contribution in [1.82, 2.24) is 19.8 Å². The smallest absolute Gasteiger partial charge is 0.246 e. The van der Waals surface area contributed by atoms with Crippen LogP contribution in [0.1, 0.15) is 64.6 Å². The van der Waals surface area contributed by atoms with E-state index in [0.717, 1.165) is 29.7 Å². The molecule has 3 fully saturated rings. The third-order valence-electron chi connectivity index (χ3n) is 11.0. The maximum Gasteiger partial charge on any atom is 0.246 e. The Morgan fingerprint density at radius 3 is 2.75 bits per heavy atom. The number of nitrogens with zero attached hydrogens (tertiary/aromatic N) is 3. The number of nitrogens with one attached hydrogen (secondary N) is 1. The third kappa shape index (κ3) is 3.54. The molecule has 4 aliphatic rings. The van der Waals surface area contributed by atoms with E-state index in [0.29, 0.717) is 42.7 Å². The predicted molar refractivity (Wildman–Crippen MR) is 141 cm³/mol. The monoisotopic (exact) mass is 488 g/mol. The SMILES string of the molecule is CN(Cc1nc2ccccc2[nH]1)C(=O)C[C@H]1CC[C@H]2[C@@H]3CC[C@H]4N(C)C(=O)C=C[C@]4(C)[C@H]3CC[C@]12C. The van der Waals surface area contributed by atoms with Crippen molar-refractivity contribution in [3.05, 3.63) is 42.2 Å². The van der Waals surface area contributed by atoms with Crippen LogP contribution in [0.15, 0.2) is 36.4 Å². The summed E-state index contributed by atoms with van der Waals surface area (Å²) < 4.78 is 0. The van der Waals surface area contributed by atoms with E-state index >= 15 is 0 Å². The maximum absolute atomic E-state index is 13.4. The standard InChI is InChI=1S/C30H40N4O2/c1-29-15-13-22-20(10-12-25-30(22,2)16-14-27(35)34(25)4)21(29)11-9-19(29)17-28(36)33(3)18-26-31-23-7-5-6-8-24(23)32-26/h5-8,14,16,19-22,25H,9-13,15,17-18H2,1-4H3,(H,31,32)/t19-,20+,21+,22+,25-,29-,30-/m1/s1. The number of benzene rings is 1. The molecule has 6 rings (SSSR count). The van der Waals surface area contributed by atoms with E-state index in [1.54, 1.807) is 0 Å². The zero-order valence-electron chi connectivity index (χ0n) is 22.2. The molecule has 1 aliphatic heterocycles. The second-order valence-electron chi connectivity index (χ2n) is 12.6. The minimum atomic E-state index is 0.0770. The van der Waals surface area contributed by atoms with Crippen LogP contribution < -0.4 is 0 Å². The summed E-state index contributed by atoms with van der Waals surface area (Å²) in [6, 6.07) is 8.34. The van der Waals surface area contributed by atoms with E-state index in [-0.39, 0.29) is 22.6 Å². The number of hydrogen-bond acceptors (Lipinski definition) is 3. The molecule has 0 unspecified atom stereocenters. The molecule has 0 radical (unpaired) electrons. The van der Waals surface area contributed by atoms with Crippen LogP contribution in [0.2, 0.25) is 0 Å². The van der Waals surface area contributed by atoms with Crippen LogP contribution in [-0.4, -0.2) is 51.7 Å². The highest BCUT2D eigenvalue weighted by atomic mass is 16.2. The summed E-state index contributed by atoms with van der Waals surface area (Å²) in [6.45, 7) is 5.40. The van der Waals surface area contributed by atoms with E-state index in [2.05, 4.69) is 29.9 Å². The molecule has 2 amide bonds. The Labute approximate surface area is 214 Å². The van der Waals surface area contributed by atoms with Gasteiger partial charge in [0.15, 0.2) is 0 Å². The molecular formula is C30H40N4O2. The minimum Gasteiger partial charge on any atom is -0.340 e. The fraction of sp³-hybridized carbons (Fsp3) is 0.633. The van der Waals surface area contributed by atoms with Gasteiger partial charge in [0.1, 0.15) is 5.82 Å². The number of H-pyrrole nitrogens is 1. The number of likely N-dealkylation sites (N-methyl/N-ethyl adjacent to an activating group) is 1. The summed E-state index contributed by atoms with van der Waals surface area (Å²) in [4.78, 5) is 37.6. The van der Waals surface area contributed by atoms with Gasteiger partial charge >= 0.3 is 0 Å². The second-order valence-corrected chi connectivity index (χ2v) is 12.6. The number of rotatable bonds is 4. The first-order valence-corrected chi connectivity index (χ1v) is 13.8. The number of aromatic amines is 1. The van der Waals surface area contributed by atoms with E-state index < -0.39 is 0 Å². The van der Waals surface area contributed by atoms with Gasteiger partial charge in [-0.15, -0.1) is 0 Å². The van der Waals surface area contributed by atoms with Crippen LogP contribution in [0.25, 0.3) is 11.0 Å². The summed E-state index contributed by atoms with van der Waals surface area (Å²) in [7, 11) is 3.90. The lowest BCUT2D eigenvalue weighted by Gasteiger charge is -2.60. The van der Waals surface area contributed by atoms with Crippen molar-refractivity contribution in [2.75, 3.05) is 14.1 Å². The lowest BCUT2D eigenvalue weighted by atomic mass is 9.47. The number of aromatic nitrogens is 2. The molecule has 3 saturated carbocycles. The Bertz CT molecular complexity index is 1190. The second kappa shape index (κ2) is 8.46. The van der Waals surface area contributed by atoms with E-state index in [1.807, 2.05) is 54.2 Å². The first-order chi connectivity index (χ1) is 17.2. The quantitative estimate of drug-likeness (QED) is 0.646. The summed E-state index contributed by atoms with van der Waals surface area (Å²) in [5, 5.41) is 0. The van der Waals surface area contributed by atoms with Crippen LogP contribution in [0, 0.1) is 34.5 Å². The molecule has 6 heteroatoms.